The highest BCUT2D eigenvalue weighted by Crippen LogP contribution is 2.34. The molecule has 29 heavy (non-hydrogen) atoms. The first-order valence-corrected chi connectivity index (χ1v) is 9.34. The number of rotatable bonds is 8. The lowest BCUT2D eigenvalue weighted by atomic mass is 10.1. The third kappa shape index (κ3) is 6.88. The molecule has 1 unspecified atom stereocenters. The average Bonchev–Trinajstić information content (AvgIpc) is 3.11. The summed E-state index contributed by atoms with van der Waals surface area (Å²) in [4.78, 5) is 5.57. The monoisotopic (exact) mass is 418 g/mol. The number of halogens is 3. The van der Waals surface area contributed by atoms with Crippen molar-refractivity contribution < 1.29 is 27.4 Å². The summed E-state index contributed by atoms with van der Waals surface area (Å²) in [5.74, 6) is 2.50. The Labute approximate surface area is 169 Å². The zero-order valence-electron chi connectivity index (χ0n) is 17.2. The molecule has 0 spiro atoms. The Bertz CT molecular complexity index is 673. The minimum atomic E-state index is -4.18. The number of methoxy groups -OCH3 is 3. The van der Waals surface area contributed by atoms with E-state index in [9.17, 15) is 13.2 Å². The van der Waals surface area contributed by atoms with Gasteiger partial charge in [-0.3, -0.25) is 9.89 Å². The molecular formula is C19H29F3N4O3. The van der Waals surface area contributed by atoms with Gasteiger partial charge in [-0.1, -0.05) is 0 Å². The summed E-state index contributed by atoms with van der Waals surface area (Å²) in [6.45, 7) is 0.404. The molecule has 1 atom stereocenters. The van der Waals surface area contributed by atoms with E-state index in [0.29, 0.717) is 55.7 Å². The van der Waals surface area contributed by atoms with Crippen molar-refractivity contribution in [3.05, 3.63) is 17.7 Å². The Morgan fingerprint density at radius 3 is 2.34 bits per heavy atom. The standard InChI is InChI=1S/C19H29F3N4O3/c1-23-18(25-13-6-8-26(11-13)12-19(20,21)22)24-7-5-15-16(28-3)9-14(27-2)10-17(15)29-4/h9-10,13H,5-8,11-12H2,1-4H3,(H2,23,24,25). The van der Waals surface area contributed by atoms with Crippen molar-refractivity contribution in [2.75, 3.05) is 54.6 Å². The topological polar surface area (TPSA) is 67.4 Å². The molecule has 2 N–H and O–H groups in total. The van der Waals surface area contributed by atoms with Crippen LogP contribution in [0.4, 0.5) is 13.2 Å². The highest BCUT2D eigenvalue weighted by Gasteiger charge is 2.34. The van der Waals surface area contributed by atoms with Crippen LogP contribution >= 0.6 is 0 Å². The lowest BCUT2D eigenvalue weighted by Crippen LogP contribution is -2.45. The lowest BCUT2D eigenvalue weighted by molar-refractivity contribution is -0.143. The Morgan fingerprint density at radius 1 is 1.17 bits per heavy atom. The SMILES string of the molecule is CN=C(NCCc1c(OC)cc(OC)cc1OC)NC1CCN(CC(F)(F)F)C1. The molecule has 7 nitrogen and oxygen atoms in total. The predicted octanol–water partition coefficient (Wildman–Crippen LogP) is 2.06. The molecule has 0 amide bonds. The molecule has 0 radical (unpaired) electrons. The third-order valence-electron chi connectivity index (χ3n) is 4.72. The molecule has 1 fully saturated rings. The third-order valence-corrected chi connectivity index (χ3v) is 4.72. The summed E-state index contributed by atoms with van der Waals surface area (Å²) >= 11 is 0. The van der Waals surface area contributed by atoms with E-state index in [0.717, 1.165) is 5.56 Å². The summed E-state index contributed by atoms with van der Waals surface area (Å²) in [5, 5.41) is 6.39. The van der Waals surface area contributed by atoms with Crippen LogP contribution in [0, 0.1) is 0 Å². The normalized spacial score (nSPS) is 17.9. The van der Waals surface area contributed by atoms with Gasteiger partial charge >= 0.3 is 6.18 Å². The second-order valence-corrected chi connectivity index (χ2v) is 6.74. The number of hydrogen-bond acceptors (Lipinski definition) is 5. The van der Waals surface area contributed by atoms with Gasteiger partial charge in [0.2, 0.25) is 0 Å². The van der Waals surface area contributed by atoms with Gasteiger partial charge in [0.05, 0.1) is 27.9 Å². The van der Waals surface area contributed by atoms with E-state index in [1.807, 2.05) is 0 Å². The summed E-state index contributed by atoms with van der Waals surface area (Å²) in [7, 11) is 6.37. The summed E-state index contributed by atoms with van der Waals surface area (Å²) < 4.78 is 53.7. The van der Waals surface area contributed by atoms with E-state index in [1.165, 1.54) is 4.90 Å². The summed E-state index contributed by atoms with van der Waals surface area (Å²) in [6, 6.07) is 3.51. The van der Waals surface area contributed by atoms with Crippen molar-refractivity contribution in [2.24, 2.45) is 4.99 Å². The fourth-order valence-electron chi connectivity index (χ4n) is 3.37. The van der Waals surface area contributed by atoms with Gasteiger partial charge in [0.15, 0.2) is 5.96 Å². The summed E-state index contributed by atoms with van der Waals surface area (Å²) in [5.41, 5.74) is 0.885. The fraction of sp³-hybridized carbons (Fsp3) is 0.632. The maximum Gasteiger partial charge on any atom is 0.401 e. The van der Waals surface area contributed by atoms with Gasteiger partial charge in [0.1, 0.15) is 17.2 Å². The number of nitrogens with one attached hydrogen (secondary N) is 2. The van der Waals surface area contributed by atoms with Crippen LogP contribution in [0.15, 0.2) is 17.1 Å². The smallest absolute Gasteiger partial charge is 0.401 e. The van der Waals surface area contributed by atoms with Crippen molar-refractivity contribution in [3.8, 4) is 17.2 Å². The van der Waals surface area contributed by atoms with Crippen LogP contribution < -0.4 is 24.8 Å². The number of guanidine groups is 1. The molecular weight excluding hydrogens is 389 g/mol. The van der Waals surface area contributed by atoms with E-state index in [1.54, 1.807) is 40.5 Å². The first kappa shape index (κ1) is 22.9. The zero-order valence-corrected chi connectivity index (χ0v) is 17.2. The quantitative estimate of drug-likeness (QED) is 0.498. The van der Waals surface area contributed by atoms with Gasteiger partial charge in [-0.15, -0.1) is 0 Å². The van der Waals surface area contributed by atoms with E-state index < -0.39 is 12.7 Å². The van der Waals surface area contributed by atoms with Crippen LogP contribution in [0.2, 0.25) is 0 Å². The van der Waals surface area contributed by atoms with Crippen molar-refractivity contribution in [1.82, 2.24) is 15.5 Å². The van der Waals surface area contributed by atoms with Crippen LogP contribution in [0.3, 0.4) is 0 Å². The highest BCUT2D eigenvalue weighted by atomic mass is 19.4. The summed E-state index contributed by atoms with van der Waals surface area (Å²) in [6.07, 6.45) is -2.94. The predicted molar refractivity (Wildman–Crippen MR) is 105 cm³/mol. The molecule has 1 aliphatic rings. The maximum absolute atomic E-state index is 12.5. The van der Waals surface area contributed by atoms with Crippen molar-refractivity contribution in [3.63, 3.8) is 0 Å². The van der Waals surface area contributed by atoms with E-state index in [2.05, 4.69) is 15.6 Å². The number of ether oxygens (including phenoxy) is 3. The number of alkyl halides is 3. The fourth-order valence-corrected chi connectivity index (χ4v) is 3.37. The Morgan fingerprint density at radius 2 is 1.83 bits per heavy atom. The minimum Gasteiger partial charge on any atom is -0.496 e. The maximum atomic E-state index is 12.5. The average molecular weight is 418 g/mol. The van der Waals surface area contributed by atoms with Crippen LogP contribution in [-0.2, 0) is 6.42 Å². The van der Waals surface area contributed by atoms with Crippen molar-refractivity contribution >= 4 is 5.96 Å². The Hall–Kier alpha value is -2.36. The molecule has 1 aliphatic heterocycles. The van der Waals surface area contributed by atoms with Crippen LogP contribution in [0.1, 0.15) is 12.0 Å². The molecule has 1 aromatic rings. The molecule has 10 heteroatoms. The van der Waals surface area contributed by atoms with Gasteiger partial charge < -0.3 is 24.8 Å². The molecule has 1 saturated heterocycles. The molecule has 164 valence electrons. The van der Waals surface area contributed by atoms with Gasteiger partial charge in [-0.2, -0.15) is 13.2 Å². The minimum absolute atomic E-state index is 0.0754. The molecule has 0 aromatic heterocycles. The molecule has 1 heterocycles. The Balaban J connectivity index is 1.89. The second-order valence-electron chi connectivity index (χ2n) is 6.74. The first-order chi connectivity index (χ1) is 13.8. The van der Waals surface area contributed by atoms with Gasteiger partial charge in [0.25, 0.3) is 0 Å². The van der Waals surface area contributed by atoms with E-state index in [-0.39, 0.29) is 6.04 Å². The van der Waals surface area contributed by atoms with Gasteiger partial charge in [0, 0.05) is 50.4 Å². The highest BCUT2D eigenvalue weighted by molar-refractivity contribution is 5.80. The molecule has 2 rings (SSSR count). The Kier molecular flexibility index (Phi) is 8.24. The van der Waals surface area contributed by atoms with Crippen molar-refractivity contribution in [1.29, 1.82) is 0 Å². The molecule has 0 bridgehead atoms. The zero-order chi connectivity index (χ0) is 21.4. The van der Waals surface area contributed by atoms with Gasteiger partial charge in [-0.25, -0.2) is 0 Å². The largest absolute Gasteiger partial charge is 0.496 e. The number of nitrogens with zero attached hydrogens (tertiary/aromatic N) is 2. The van der Waals surface area contributed by atoms with E-state index in [4.69, 9.17) is 14.2 Å². The molecule has 0 aliphatic carbocycles. The lowest BCUT2D eigenvalue weighted by Gasteiger charge is -2.20. The number of benzene rings is 1. The van der Waals surface area contributed by atoms with Gasteiger partial charge in [-0.05, 0) is 12.8 Å². The number of aliphatic imine (C=N–C) groups is 1. The molecule has 1 aromatic carbocycles. The van der Waals surface area contributed by atoms with E-state index >= 15 is 0 Å². The first-order valence-electron chi connectivity index (χ1n) is 9.34. The van der Waals surface area contributed by atoms with Crippen LogP contribution in [0.25, 0.3) is 0 Å². The van der Waals surface area contributed by atoms with Crippen molar-refractivity contribution in [2.45, 2.75) is 25.1 Å². The van der Waals surface area contributed by atoms with Crippen LogP contribution in [0.5, 0.6) is 17.2 Å². The second kappa shape index (κ2) is 10.4. The number of likely N-dealkylation sites (tertiary alicyclic amines) is 1. The van der Waals surface area contributed by atoms with Crippen LogP contribution in [-0.4, -0.2) is 77.6 Å². The number of hydrogen-bond donors (Lipinski definition) is 2. The molecule has 0 saturated carbocycles.